The van der Waals surface area contributed by atoms with E-state index in [9.17, 15) is 18.4 Å². The van der Waals surface area contributed by atoms with E-state index in [0.29, 0.717) is 18.9 Å². The van der Waals surface area contributed by atoms with Crippen molar-refractivity contribution in [2.45, 2.75) is 32.2 Å². The van der Waals surface area contributed by atoms with Gasteiger partial charge >= 0.3 is 0 Å². The molecule has 1 atom stereocenters. The normalized spacial score (nSPS) is 12.0. The molecule has 0 saturated carbocycles. The van der Waals surface area contributed by atoms with Gasteiger partial charge in [0.15, 0.2) is 0 Å². The summed E-state index contributed by atoms with van der Waals surface area (Å²) < 4.78 is 26.7. The number of carbonyl (C=O) groups excluding carboxylic acids is 2. The van der Waals surface area contributed by atoms with Gasteiger partial charge in [-0.15, -0.1) is 0 Å². The second-order valence-electron chi connectivity index (χ2n) is 4.59. The van der Waals surface area contributed by atoms with Crippen molar-refractivity contribution >= 4 is 17.5 Å². The van der Waals surface area contributed by atoms with Crippen LogP contribution in [0.5, 0.6) is 0 Å². The van der Waals surface area contributed by atoms with Crippen molar-refractivity contribution in [3.8, 4) is 0 Å². The number of nitrogens with one attached hydrogen (secondary N) is 1. The van der Waals surface area contributed by atoms with Gasteiger partial charge in [-0.25, -0.2) is 8.78 Å². The van der Waals surface area contributed by atoms with E-state index in [2.05, 4.69) is 5.32 Å². The van der Waals surface area contributed by atoms with Gasteiger partial charge in [-0.3, -0.25) is 9.59 Å². The molecule has 0 aliphatic carbocycles. The van der Waals surface area contributed by atoms with E-state index in [1.54, 1.807) is 0 Å². The fraction of sp³-hybridized carbons (Fsp3) is 0.385. The molecular formula is C13H17F2N3O2. The Morgan fingerprint density at radius 3 is 2.50 bits per heavy atom. The molecule has 1 aromatic carbocycles. The van der Waals surface area contributed by atoms with Gasteiger partial charge in [0.1, 0.15) is 11.6 Å². The van der Waals surface area contributed by atoms with Crippen molar-refractivity contribution in [3.05, 3.63) is 29.3 Å². The standard InChI is InChI=1S/C13H17F2N3O2/c1-7(16)3-2-4-12(19)18-11-5-8(13(17)20)9(14)6-10(11)15/h5-7H,2-4,16H2,1H3,(H2,17,20)(H,18,19). The van der Waals surface area contributed by atoms with Crippen LogP contribution >= 0.6 is 0 Å². The van der Waals surface area contributed by atoms with Gasteiger partial charge in [-0.1, -0.05) is 0 Å². The molecule has 1 unspecified atom stereocenters. The van der Waals surface area contributed by atoms with Gasteiger partial charge in [0.25, 0.3) is 5.91 Å². The number of primary amides is 1. The van der Waals surface area contributed by atoms with E-state index < -0.39 is 29.0 Å². The molecule has 1 rings (SSSR count). The summed E-state index contributed by atoms with van der Waals surface area (Å²) in [5, 5.41) is 2.28. The van der Waals surface area contributed by atoms with Crippen molar-refractivity contribution < 1.29 is 18.4 Å². The highest BCUT2D eigenvalue weighted by Gasteiger charge is 2.15. The van der Waals surface area contributed by atoms with Gasteiger partial charge in [0.05, 0.1) is 11.3 Å². The van der Waals surface area contributed by atoms with Crippen LogP contribution in [0, 0.1) is 11.6 Å². The molecule has 2 amide bonds. The second kappa shape index (κ2) is 6.95. The summed E-state index contributed by atoms with van der Waals surface area (Å²) in [6.45, 7) is 1.82. The predicted molar refractivity (Wildman–Crippen MR) is 71.0 cm³/mol. The minimum atomic E-state index is -1.06. The smallest absolute Gasteiger partial charge is 0.251 e. The number of carbonyl (C=O) groups is 2. The van der Waals surface area contributed by atoms with E-state index in [-0.39, 0.29) is 18.2 Å². The highest BCUT2D eigenvalue weighted by Crippen LogP contribution is 2.19. The van der Waals surface area contributed by atoms with Gasteiger partial charge in [0, 0.05) is 18.5 Å². The zero-order chi connectivity index (χ0) is 15.3. The number of hydrogen-bond donors (Lipinski definition) is 3. The van der Waals surface area contributed by atoms with E-state index in [4.69, 9.17) is 11.5 Å². The monoisotopic (exact) mass is 285 g/mol. The Kier molecular flexibility index (Phi) is 5.57. The number of anilines is 1. The molecule has 7 heteroatoms. The summed E-state index contributed by atoms with van der Waals surface area (Å²) in [5.74, 6) is -3.50. The first-order valence-electron chi connectivity index (χ1n) is 6.15. The molecular weight excluding hydrogens is 268 g/mol. The van der Waals surface area contributed by atoms with Gasteiger partial charge in [0.2, 0.25) is 5.91 Å². The van der Waals surface area contributed by atoms with Crippen molar-refractivity contribution in [3.63, 3.8) is 0 Å². The third-order valence-electron chi connectivity index (χ3n) is 2.66. The molecule has 0 bridgehead atoms. The minimum Gasteiger partial charge on any atom is -0.366 e. The van der Waals surface area contributed by atoms with E-state index in [0.717, 1.165) is 6.07 Å². The Labute approximate surface area is 115 Å². The Morgan fingerprint density at radius 2 is 1.95 bits per heavy atom. The van der Waals surface area contributed by atoms with Crippen molar-refractivity contribution in [1.29, 1.82) is 0 Å². The second-order valence-corrected chi connectivity index (χ2v) is 4.59. The molecule has 0 aromatic heterocycles. The largest absolute Gasteiger partial charge is 0.366 e. The van der Waals surface area contributed by atoms with Crippen LogP contribution in [0.15, 0.2) is 12.1 Å². The molecule has 0 spiro atoms. The lowest BCUT2D eigenvalue weighted by molar-refractivity contribution is -0.116. The highest BCUT2D eigenvalue weighted by molar-refractivity contribution is 5.96. The Hall–Kier alpha value is -2.02. The lowest BCUT2D eigenvalue weighted by atomic mass is 10.1. The molecule has 5 nitrogen and oxygen atoms in total. The summed E-state index contributed by atoms with van der Waals surface area (Å²) in [5.41, 5.74) is 9.74. The highest BCUT2D eigenvalue weighted by atomic mass is 19.1. The van der Waals surface area contributed by atoms with Crippen molar-refractivity contribution in [1.82, 2.24) is 0 Å². The minimum absolute atomic E-state index is 0.0215. The summed E-state index contributed by atoms with van der Waals surface area (Å²) in [4.78, 5) is 22.5. The maximum atomic E-state index is 13.5. The van der Waals surface area contributed by atoms with Crippen molar-refractivity contribution in [2.75, 3.05) is 5.32 Å². The van der Waals surface area contributed by atoms with Crippen LogP contribution in [0.3, 0.4) is 0 Å². The SMILES string of the molecule is CC(N)CCCC(=O)Nc1cc(C(N)=O)c(F)cc1F. The predicted octanol–water partition coefficient (Wildman–Crippen LogP) is 1.52. The lowest BCUT2D eigenvalue weighted by Crippen LogP contribution is -2.18. The van der Waals surface area contributed by atoms with Gasteiger partial charge < -0.3 is 16.8 Å². The average Bonchev–Trinajstić information content (AvgIpc) is 2.31. The molecule has 20 heavy (non-hydrogen) atoms. The fourth-order valence-corrected chi connectivity index (χ4v) is 1.63. The maximum absolute atomic E-state index is 13.5. The molecule has 0 aliphatic rings. The molecule has 0 radical (unpaired) electrons. The number of benzene rings is 1. The number of amides is 2. The van der Waals surface area contributed by atoms with Gasteiger partial charge in [-0.05, 0) is 25.8 Å². The maximum Gasteiger partial charge on any atom is 0.251 e. The zero-order valence-electron chi connectivity index (χ0n) is 11.1. The number of hydrogen-bond acceptors (Lipinski definition) is 3. The summed E-state index contributed by atoms with van der Waals surface area (Å²) in [7, 11) is 0. The molecule has 0 saturated heterocycles. The van der Waals surface area contributed by atoms with Crippen molar-refractivity contribution in [2.24, 2.45) is 11.5 Å². The summed E-state index contributed by atoms with van der Waals surface area (Å²) in [6, 6.07) is 1.38. The average molecular weight is 285 g/mol. The lowest BCUT2D eigenvalue weighted by Gasteiger charge is -2.09. The summed E-state index contributed by atoms with van der Waals surface area (Å²) >= 11 is 0. The third kappa shape index (κ3) is 4.58. The van der Waals surface area contributed by atoms with Crippen LogP contribution in [-0.4, -0.2) is 17.9 Å². The molecule has 0 heterocycles. The summed E-state index contributed by atoms with van der Waals surface area (Å²) in [6.07, 6.45) is 1.37. The van der Waals surface area contributed by atoms with Crippen LogP contribution in [0.2, 0.25) is 0 Å². The molecule has 110 valence electrons. The fourth-order valence-electron chi connectivity index (χ4n) is 1.63. The van der Waals surface area contributed by atoms with Crippen LogP contribution < -0.4 is 16.8 Å². The Morgan fingerprint density at radius 1 is 1.30 bits per heavy atom. The number of halogens is 2. The van der Waals surface area contributed by atoms with Crippen LogP contribution in [0.25, 0.3) is 0 Å². The van der Waals surface area contributed by atoms with E-state index in [1.807, 2.05) is 6.92 Å². The van der Waals surface area contributed by atoms with E-state index >= 15 is 0 Å². The first-order valence-corrected chi connectivity index (χ1v) is 6.15. The van der Waals surface area contributed by atoms with Gasteiger partial charge in [-0.2, -0.15) is 0 Å². The van der Waals surface area contributed by atoms with E-state index in [1.165, 1.54) is 0 Å². The first kappa shape index (κ1) is 16.0. The number of nitrogens with two attached hydrogens (primary N) is 2. The van der Waals surface area contributed by atoms with Crippen LogP contribution in [-0.2, 0) is 4.79 Å². The molecule has 0 aliphatic heterocycles. The Bertz CT molecular complexity index is 519. The molecule has 0 fully saturated rings. The van der Waals surface area contributed by atoms with Crippen LogP contribution in [0.1, 0.15) is 36.5 Å². The van der Waals surface area contributed by atoms with Crippen LogP contribution in [0.4, 0.5) is 14.5 Å². The molecule has 5 N–H and O–H groups in total. The molecule has 1 aromatic rings. The zero-order valence-corrected chi connectivity index (χ0v) is 11.1. The third-order valence-corrected chi connectivity index (χ3v) is 2.66. The Balaban J connectivity index is 2.74. The quantitative estimate of drug-likeness (QED) is 0.739. The first-order chi connectivity index (χ1) is 9.31. The topological polar surface area (TPSA) is 98.2 Å². The number of rotatable bonds is 6.